The fourth-order valence-corrected chi connectivity index (χ4v) is 2.76. The molecule has 0 aromatic carbocycles. The maximum atomic E-state index is 10.5. The Morgan fingerprint density at radius 3 is 2.67 bits per heavy atom. The first-order valence-electron chi connectivity index (χ1n) is 6.21. The molecule has 3 heteroatoms. The number of hydrogen-bond donors (Lipinski definition) is 1. The van der Waals surface area contributed by atoms with E-state index in [1.807, 2.05) is 0 Å². The molecule has 0 radical (unpaired) electrons. The highest BCUT2D eigenvalue weighted by atomic mass is 16.4. The molecular weight excluding hydrogens is 190 g/mol. The van der Waals surface area contributed by atoms with E-state index < -0.39 is 5.97 Å². The standard InChI is InChI=1S/C12H21NO2/c14-12(15)7-6-11-5-2-8-13(11)9-10-3-1-4-10/h10-11H,1-9H2,(H,14,15). The van der Waals surface area contributed by atoms with Crippen LogP contribution in [0.15, 0.2) is 0 Å². The van der Waals surface area contributed by atoms with Crippen LogP contribution in [-0.4, -0.2) is 35.1 Å². The Morgan fingerprint density at radius 2 is 2.07 bits per heavy atom. The van der Waals surface area contributed by atoms with Crippen LogP contribution in [0.25, 0.3) is 0 Å². The van der Waals surface area contributed by atoms with Crippen molar-refractivity contribution in [3.05, 3.63) is 0 Å². The van der Waals surface area contributed by atoms with Crippen LogP contribution in [0.4, 0.5) is 0 Å². The normalized spacial score (nSPS) is 27.9. The summed E-state index contributed by atoms with van der Waals surface area (Å²) in [4.78, 5) is 13.1. The van der Waals surface area contributed by atoms with Crippen LogP contribution in [0.5, 0.6) is 0 Å². The Labute approximate surface area is 91.5 Å². The number of nitrogens with zero attached hydrogens (tertiary/aromatic N) is 1. The third kappa shape index (κ3) is 2.94. The van der Waals surface area contributed by atoms with Crippen molar-refractivity contribution in [3.8, 4) is 0 Å². The van der Waals surface area contributed by atoms with Crippen LogP contribution in [0.3, 0.4) is 0 Å². The van der Waals surface area contributed by atoms with E-state index in [2.05, 4.69) is 4.90 Å². The first-order valence-corrected chi connectivity index (χ1v) is 6.21. The van der Waals surface area contributed by atoms with Crippen LogP contribution in [0, 0.1) is 5.92 Å². The maximum Gasteiger partial charge on any atom is 0.303 e. The van der Waals surface area contributed by atoms with Gasteiger partial charge in [-0.05, 0) is 44.6 Å². The molecule has 1 heterocycles. The van der Waals surface area contributed by atoms with Crippen LogP contribution in [-0.2, 0) is 4.79 Å². The third-order valence-corrected chi connectivity index (χ3v) is 3.91. The zero-order valence-electron chi connectivity index (χ0n) is 9.32. The van der Waals surface area contributed by atoms with Crippen LogP contribution >= 0.6 is 0 Å². The van der Waals surface area contributed by atoms with Crippen molar-refractivity contribution < 1.29 is 9.90 Å². The Morgan fingerprint density at radius 1 is 1.27 bits per heavy atom. The molecular formula is C12H21NO2. The van der Waals surface area contributed by atoms with E-state index in [-0.39, 0.29) is 0 Å². The maximum absolute atomic E-state index is 10.5. The molecule has 3 nitrogen and oxygen atoms in total. The van der Waals surface area contributed by atoms with Gasteiger partial charge in [0, 0.05) is 19.0 Å². The van der Waals surface area contributed by atoms with Gasteiger partial charge in [0.1, 0.15) is 0 Å². The van der Waals surface area contributed by atoms with Gasteiger partial charge in [-0.1, -0.05) is 6.42 Å². The molecule has 0 amide bonds. The number of rotatable bonds is 5. The van der Waals surface area contributed by atoms with E-state index in [1.165, 1.54) is 45.2 Å². The van der Waals surface area contributed by atoms with Gasteiger partial charge in [-0.2, -0.15) is 0 Å². The van der Waals surface area contributed by atoms with E-state index in [1.54, 1.807) is 0 Å². The molecule has 1 saturated carbocycles. The van der Waals surface area contributed by atoms with Gasteiger partial charge < -0.3 is 10.0 Å². The lowest BCUT2D eigenvalue weighted by Gasteiger charge is -2.33. The third-order valence-electron chi connectivity index (χ3n) is 3.91. The number of carbonyl (C=O) groups is 1. The van der Waals surface area contributed by atoms with Crippen molar-refractivity contribution in [2.75, 3.05) is 13.1 Å². The van der Waals surface area contributed by atoms with Gasteiger partial charge >= 0.3 is 5.97 Å². The lowest BCUT2D eigenvalue weighted by molar-refractivity contribution is -0.137. The number of aliphatic carboxylic acids is 1. The van der Waals surface area contributed by atoms with Gasteiger partial charge in [-0.15, -0.1) is 0 Å². The number of hydrogen-bond acceptors (Lipinski definition) is 2. The Balaban J connectivity index is 1.73. The average molecular weight is 211 g/mol. The van der Waals surface area contributed by atoms with Gasteiger partial charge in [0.05, 0.1) is 0 Å². The van der Waals surface area contributed by atoms with Crippen LogP contribution in [0.1, 0.15) is 44.9 Å². The molecule has 1 aliphatic heterocycles. The molecule has 2 aliphatic rings. The molecule has 1 saturated heterocycles. The zero-order valence-corrected chi connectivity index (χ0v) is 9.32. The summed E-state index contributed by atoms with van der Waals surface area (Å²) in [6.07, 6.45) is 7.84. The summed E-state index contributed by atoms with van der Waals surface area (Å²) < 4.78 is 0. The van der Waals surface area contributed by atoms with Gasteiger partial charge in [-0.25, -0.2) is 0 Å². The molecule has 1 atom stereocenters. The van der Waals surface area contributed by atoms with Crippen molar-refractivity contribution in [1.29, 1.82) is 0 Å². The summed E-state index contributed by atoms with van der Waals surface area (Å²) in [6, 6.07) is 0.557. The summed E-state index contributed by atoms with van der Waals surface area (Å²) in [5, 5.41) is 8.68. The zero-order chi connectivity index (χ0) is 10.7. The first kappa shape index (κ1) is 10.9. The fourth-order valence-electron chi connectivity index (χ4n) is 2.76. The minimum absolute atomic E-state index is 0.339. The van der Waals surface area contributed by atoms with Gasteiger partial charge in [0.25, 0.3) is 0 Å². The van der Waals surface area contributed by atoms with Crippen molar-refractivity contribution in [3.63, 3.8) is 0 Å². The van der Waals surface area contributed by atoms with Crippen molar-refractivity contribution in [2.45, 2.75) is 51.0 Å². The molecule has 2 rings (SSSR count). The smallest absolute Gasteiger partial charge is 0.303 e. The second-order valence-electron chi connectivity index (χ2n) is 5.02. The molecule has 1 N–H and O–H groups in total. The second kappa shape index (κ2) is 4.97. The molecule has 0 aromatic heterocycles. The molecule has 15 heavy (non-hydrogen) atoms. The van der Waals surface area contributed by atoms with E-state index >= 15 is 0 Å². The van der Waals surface area contributed by atoms with Crippen molar-refractivity contribution >= 4 is 5.97 Å². The molecule has 0 spiro atoms. The Kier molecular flexibility index (Phi) is 3.62. The summed E-state index contributed by atoms with van der Waals surface area (Å²) in [6.45, 7) is 2.42. The fraction of sp³-hybridized carbons (Fsp3) is 0.917. The molecule has 0 bridgehead atoms. The topological polar surface area (TPSA) is 40.5 Å². The predicted octanol–water partition coefficient (Wildman–Crippen LogP) is 2.12. The lowest BCUT2D eigenvalue weighted by atomic mass is 9.85. The van der Waals surface area contributed by atoms with E-state index in [9.17, 15) is 4.79 Å². The molecule has 1 aliphatic carbocycles. The van der Waals surface area contributed by atoms with E-state index in [0.717, 1.165) is 12.3 Å². The Hall–Kier alpha value is -0.570. The highest BCUT2D eigenvalue weighted by Crippen LogP contribution is 2.30. The van der Waals surface area contributed by atoms with Crippen LogP contribution in [0.2, 0.25) is 0 Å². The summed E-state index contributed by atoms with van der Waals surface area (Å²) >= 11 is 0. The van der Waals surface area contributed by atoms with Crippen LogP contribution < -0.4 is 0 Å². The van der Waals surface area contributed by atoms with Gasteiger partial charge in [-0.3, -0.25) is 4.79 Å². The molecule has 0 aromatic rings. The van der Waals surface area contributed by atoms with Gasteiger partial charge in [0.2, 0.25) is 0 Å². The van der Waals surface area contributed by atoms with Gasteiger partial charge in [0.15, 0.2) is 0 Å². The second-order valence-corrected chi connectivity index (χ2v) is 5.02. The first-order chi connectivity index (χ1) is 7.25. The molecule has 1 unspecified atom stereocenters. The molecule has 86 valence electrons. The lowest BCUT2D eigenvalue weighted by Crippen LogP contribution is -2.36. The summed E-state index contributed by atoms with van der Waals surface area (Å²) in [7, 11) is 0. The minimum Gasteiger partial charge on any atom is -0.481 e. The number of carboxylic acids is 1. The molecule has 2 fully saturated rings. The van der Waals surface area contributed by atoms with Crippen molar-refractivity contribution in [2.24, 2.45) is 5.92 Å². The highest BCUT2D eigenvalue weighted by molar-refractivity contribution is 5.66. The summed E-state index contributed by atoms with van der Waals surface area (Å²) in [5.41, 5.74) is 0. The van der Waals surface area contributed by atoms with E-state index in [0.29, 0.717) is 12.5 Å². The monoisotopic (exact) mass is 211 g/mol. The predicted molar refractivity (Wildman–Crippen MR) is 58.8 cm³/mol. The minimum atomic E-state index is -0.648. The summed E-state index contributed by atoms with van der Waals surface area (Å²) in [5.74, 6) is 0.265. The Bertz CT molecular complexity index is 226. The van der Waals surface area contributed by atoms with Crippen molar-refractivity contribution in [1.82, 2.24) is 4.90 Å². The SMILES string of the molecule is O=C(O)CCC1CCCN1CC1CCC1. The number of likely N-dealkylation sites (tertiary alicyclic amines) is 1. The average Bonchev–Trinajstić information content (AvgIpc) is 2.55. The van der Waals surface area contributed by atoms with E-state index in [4.69, 9.17) is 5.11 Å². The highest BCUT2D eigenvalue weighted by Gasteiger charge is 2.28. The number of carboxylic acid groups (broad SMARTS) is 1. The quantitative estimate of drug-likeness (QED) is 0.757. The largest absolute Gasteiger partial charge is 0.481 e.